The number of piperidine rings is 1. The van der Waals surface area contributed by atoms with Crippen molar-refractivity contribution in [1.29, 1.82) is 0 Å². The Morgan fingerprint density at radius 2 is 1.91 bits per heavy atom. The summed E-state index contributed by atoms with van der Waals surface area (Å²) < 4.78 is 20.3. The molecule has 0 saturated carbocycles. The summed E-state index contributed by atoms with van der Waals surface area (Å²) in [6.07, 6.45) is 2.27. The fourth-order valence-corrected chi connectivity index (χ4v) is 4.24. The fraction of sp³-hybridized carbons (Fsp3) is 0.478. The van der Waals surface area contributed by atoms with Crippen LogP contribution in [0.3, 0.4) is 0 Å². The molecule has 0 bridgehead atoms. The maximum Gasteiger partial charge on any atom is 0.410 e. The Balaban J connectivity index is 1.51. The Kier molecular flexibility index (Phi) is 5.52. The first-order chi connectivity index (χ1) is 15.0. The van der Waals surface area contributed by atoms with Crippen LogP contribution in [0.1, 0.15) is 61.5 Å². The monoisotopic (exact) mass is 443 g/mol. The summed E-state index contributed by atoms with van der Waals surface area (Å²) in [5.41, 5.74) is 1.45. The quantitative estimate of drug-likeness (QED) is 0.709. The maximum absolute atomic E-state index is 14.9. The highest BCUT2D eigenvalue weighted by atomic mass is 19.1. The Labute approximate surface area is 185 Å². The molecule has 0 aromatic heterocycles. The molecular formula is C23H26FN3O5. The van der Waals surface area contributed by atoms with Crippen molar-refractivity contribution in [3.05, 3.63) is 40.7 Å². The van der Waals surface area contributed by atoms with E-state index in [-0.39, 0.29) is 30.9 Å². The zero-order valence-electron chi connectivity index (χ0n) is 18.4. The highest BCUT2D eigenvalue weighted by Crippen LogP contribution is 2.33. The molecule has 1 aromatic rings. The normalized spacial score (nSPS) is 21.3. The Morgan fingerprint density at radius 3 is 2.53 bits per heavy atom. The van der Waals surface area contributed by atoms with E-state index >= 15 is 0 Å². The largest absolute Gasteiger partial charge is 0.444 e. The summed E-state index contributed by atoms with van der Waals surface area (Å²) in [4.78, 5) is 51.6. The summed E-state index contributed by atoms with van der Waals surface area (Å²) in [6.45, 7) is 6.30. The number of hydrogen-bond donors (Lipinski definition) is 1. The van der Waals surface area contributed by atoms with Crippen molar-refractivity contribution in [1.82, 2.24) is 15.1 Å². The third-order valence-electron chi connectivity index (χ3n) is 5.82. The van der Waals surface area contributed by atoms with Crippen molar-refractivity contribution < 1.29 is 28.3 Å². The van der Waals surface area contributed by atoms with Crippen LogP contribution in [0, 0.1) is 5.82 Å². The number of fused-ring (bicyclic) bond motifs is 1. The minimum atomic E-state index is -0.740. The molecule has 1 saturated heterocycles. The van der Waals surface area contributed by atoms with E-state index in [4.69, 9.17) is 4.74 Å². The van der Waals surface area contributed by atoms with Gasteiger partial charge in [-0.1, -0.05) is 6.08 Å². The van der Waals surface area contributed by atoms with Gasteiger partial charge in [-0.3, -0.25) is 19.7 Å². The van der Waals surface area contributed by atoms with Gasteiger partial charge in [-0.25, -0.2) is 9.18 Å². The average Bonchev–Trinajstić information content (AvgIpc) is 3.02. The van der Waals surface area contributed by atoms with Gasteiger partial charge in [-0.05, 0) is 56.9 Å². The van der Waals surface area contributed by atoms with Crippen LogP contribution >= 0.6 is 0 Å². The van der Waals surface area contributed by atoms with Gasteiger partial charge in [0.25, 0.3) is 5.91 Å². The zero-order chi connectivity index (χ0) is 23.2. The smallest absolute Gasteiger partial charge is 0.410 e. The Morgan fingerprint density at radius 1 is 1.16 bits per heavy atom. The molecular weight excluding hydrogens is 417 g/mol. The van der Waals surface area contributed by atoms with E-state index in [1.54, 1.807) is 37.8 Å². The van der Waals surface area contributed by atoms with Crippen LogP contribution < -0.4 is 5.32 Å². The van der Waals surface area contributed by atoms with Gasteiger partial charge < -0.3 is 14.5 Å². The number of ether oxygens (including phenoxy) is 1. The molecule has 1 unspecified atom stereocenters. The lowest BCUT2D eigenvalue weighted by Crippen LogP contribution is -2.52. The third kappa shape index (κ3) is 4.24. The van der Waals surface area contributed by atoms with E-state index in [0.29, 0.717) is 30.6 Å². The summed E-state index contributed by atoms with van der Waals surface area (Å²) in [6, 6.07) is 2.14. The second-order valence-electron chi connectivity index (χ2n) is 9.29. The Bertz CT molecular complexity index is 1040. The number of imide groups is 1. The van der Waals surface area contributed by atoms with Crippen molar-refractivity contribution in [2.45, 2.75) is 58.2 Å². The number of halogens is 1. The van der Waals surface area contributed by atoms with Crippen molar-refractivity contribution in [3.63, 3.8) is 0 Å². The maximum atomic E-state index is 14.9. The van der Waals surface area contributed by atoms with Crippen LogP contribution in [-0.4, -0.2) is 58.3 Å². The van der Waals surface area contributed by atoms with Crippen molar-refractivity contribution in [3.8, 4) is 0 Å². The summed E-state index contributed by atoms with van der Waals surface area (Å²) in [7, 11) is 0. The molecule has 1 aromatic carbocycles. The second-order valence-corrected chi connectivity index (χ2v) is 9.29. The van der Waals surface area contributed by atoms with Crippen molar-refractivity contribution in [2.24, 2.45) is 0 Å². The molecule has 3 aliphatic rings. The minimum Gasteiger partial charge on any atom is -0.444 e. The predicted molar refractivity (Wildman–Crippen MR) is 113 cm³/mol. The highest BCUT2D eigenvalue weighted by molar-refractivity contribution is 6.05. The van der Waals surface area contributed by atoms with Crippen LogP contribution in [0.15, 0.2) is 18.2 Å². The van der Waals surface area contributed by atoms with Gasteiger partial charge in [0.1, 0.15) is 17.5 Å². The molecule has 0 aliphatic carbocycles. The first kappa shape index (κ1) is 22.0. The van der Waals surface area contributed by atoms with Crippen LogP contribution in [0.25, 0.3) is 5.57 Å². The standard InChI is InChI=1S/C23H26FN3O5/c1-23(2,3)32-22(31)26-8-6-13(7-9-26)15-10-14-12-27(21(30)16(14)11-17(15)24)18-4-5-19(28)25-20(18)29/h6,10-11,18H,4-5,7-9,12H2,1-3H3,(H,25,28,29). The van der Waals surface area contributed by atoms with Gasteiger partial charge >= 0.3 is 6.09 Å². The molecule has 32 heavy (non-hydrogen) atoms. The van der Waals surface area contributed by atoms with E-state index in [0.717, 1.165) is 5.57 Å². The average molecular weight is 443 g/mol. The second kappa shape index (κ2) is 8.03. The Hall–Kier alpha value is -3.23. The summed E-state index contributed by atoms with van der Waals surface area (Å²) in [5.74, 6) is -1.78. The van der Waals surface area contributed by atoms with E-state index < -0.39 is 35.4 Å². The zero-order valence-corrected chi connectivity index (χ0v) is 18.4. The van der Waals surface area contributed by atoms with Gasteiger partial charge in [-0.2, -0.15) is 0 Å². The molecule has 170 valence electrons. The van der Waals surface area contributed by atoms with Crippen LogP contribution in [-0.2, 0) is 20.9 Å². The molecule has 4 amide bonds. The topological polar surface area (TPSA) is 96.0 Å². The molecule has 3 aliphatic heterocycles. The number of nitrogens with zero attached hydrogens (tertiary/aromatic N) is 2. The van der Waals surface area contributed by atoms with Gasteiger partial charge in [0.2, 0.25) is 11.8 Å². The number of nitrogens with one attached hydrogen (secondary N) is 1. The van der Waals surface area contributed by atoms with E-state index in [9.17, 15) is 23.6 Å². The van der Waals surface area contributed by atoms with Crippen LogP contribution in [0.4, 0.5) is 9.18 Å². The molecule has 3 heterocycles. The lowest BCUT2D eigenvalue weighted by atomic mass is 9.95. The number of rotatable bonds is 2. The molecule has 9 heteroatoms. The van der Waals surface area contributed by atoms with Crippen LogP contribution in [0.2, 0.25) is 0 Å². The van der Waals surface area contributed by atoms with E-state index in [1.807, 2.05) is 0 Å². The summed E-state index contributed by atoms with van der Waals surface area (Å²) >= 11 is 0. The van der Waals surface area contributed by atoms with E-state index in [2.05, 4.69) is 5.32 Å². The van der Waals surface area contributed by atoms with Gasteiger partial charge in [-0.15, -0.1) is 0 Å². The number of carbonyl (C=O) groups is 4. The lowest BCUT2D eigenvalue weighted by Gasteiger charge is -2.29. The summed E-state index contributed by atoms with van der Waals surface area (Å²) in [5, 5.41) is 2.26. The lowest BCUT2D eigenvalue weighted by molar-refractivity contribution is -0.136. The molecule has 8 nitrogen and oxygen atoms in total. The first-order valence-electron chi connectivity index (χ1n) is 10.7. The molecule has 0 spiro atoms. The van der Waals surface area contributed by atoms with Crippen molar-refractivity contribution in [2.75, 3.05) is 13.1 Å². The SMILES string of the molecule is CC(C)(C)OC(=O)N1CC=C(c2cc3c(cc2F)C(=O)N(C2CCC(=O)NC2=O)C3)CC1. The number of hydrogen-bond acceptors (Lipinski definition) is 5. The molecule has 1 atom stereocenters. The number of benzene rings is 1. The van der Waals surface area contributed by atoms with Gasteiger partial charge in [0.05, 0.1) is 0 Å². The fourth-order valence-electron chi connectivity index (χ4n) is 4.24. The highest BCUT2D eigenvalue weighted by Gasteiger charge is 2.39. The molecule has 4 rings (SSSR count). The number of carbonyl (C=O) groups excluding carboxylic acids is 4. The molecule has 1 N–H and O–H groups in total. The molecule has 1 fully saturated rings. The van der Waals surface area contributed by atoms with Gasteiger partial charge in [0.15, 0.2) is 0 Å². The third-order valence-corrected chi connectivity index (χ3v) is 5.82. The van der Waals surface area contributed by atoms with Crippen LogP contribution in [0.5, 0.6) is 0 Å². The van der Waals surface area contributed by atoms with E-state index in [1.165, 1.54) is 11.0 Å². The minimum absolute atomic E-state index is 0.164. The predicted octanol–water partition coefficient (Wildman–Crippen LogP) is 2.61. The van der Waals surface area contributed by atoms with Gasteiger partial charge in [0, 0.05) is 37.2 Å². The number of amides is 4. The first-order valence-corrected chi connectivity index (χ1v) is 10.7. The molecule has 0 radical (unpaired) electrons. The van der Waals surface area contributed by atoms with Crippen molar-refractivity contribution >= 4 is 29.4 Å².